The minimum Gasteiger partial charge on any atom is -0.482 e. The summed E-state index contributed by atoms with van der Waals surface area (Å²) in [6.07, 6.45) is 5.32. The van der Waals surface area contributed by atoms with Gasteiger partial charge >= 0.3 is 0 Å². The standard InChI is InChI=1S/C14H17N5O2/c1-4-19-8-12(6-16-19)20-9-11-5-14(17-21-11)13-7-15-18(3)10(13)2/h5-8H,4,9H2,1-3H3. The Morgan fingerprint density at radius 2 is 2.14 bits per heavy atom. The van der Waals surface area contributed by atoms with E-state index in [4.69, 9.17) is 9.26 Å². The molecule has 3 aromatic rings. The number of nitrogens with zero attached hydrogens (tertiary/aromatic N) is 5. The van der Waals surface area contributed by atoms with Gasteiger partial charge in [0, 0.05) is 30.9 Å². The van der Waals surface area contributed by atoms with Crippen molar-refractivity contribution in [1.29, 1.82) is 0 Å². The zero-order valence-electron chi connectivity index (χ0n) is 12.3. The third-order valence-corrected chi connectivity index (χ3v) is 3.38. The molecule has 21 heavy (non-hydrogen) atoms. The maximum atomic E-state index is 5.62. The lowest BCUT2D eigenvalue weighted by atomic mass is 10.2. The first-order valence-electron chi connectivity index (χ1n) is 6.77. The molecule has 0 aliphatic heterocycles. The van der Waals surface area contributed by atoms with Gasteiger partial charge in [-0.15, -0.1) is 0 Å². The fraction of sp³-hybridized carbons (Fsp3) is 0.357. The van der Waals surface area contributed by atoms with Gasteiger partial charge in [0.05, 0.1) is 18.6 Å². The van der Waals surface area contributed by atoms with E-state index in [-0.39, 0.29) is 0 Å². The van der Waals surface area contributed by atoms with E-state index in [1.807, 2.05) is 33.2 Å². The smallest absolute Gasteiger partial charge is 0.174 e. The lowest BCUT2D eigenvalue weighted by Gasteiger charge is -1.98. The summed E-state index contributed by atoms with van der Waals surface area (Å²) in [6, 6.07) is 1.87. The second-order valence-corrected chi connectivity index (χ2v) is 4.77. The maximum Gasteiger partial charge on any atom is 0.174 e. The number of rotatable bonds is 5. The Morgan fingerprint density at radius 1 is 1.29 bits per heavy atom. The Kier molecular flexibility index (Phi) is 3.47. The predicted molar refractivity (Wildman–Crippen MR) is 75.7 cm³/mol. The average molecular weight is 287 g/mol. The first-order chi connectivity index (χ1) is 10.2. The van der Waals surface area contributed by atoms with Crippen LogP contribution in [0, 0.1) is 6.92 Å². The molecule has 0 bridgehead atoms. The third kappa shape index (κ3) is 2.67. The maximum absolute atomic E-state index is 5.62. The number of hydrogen-bond donors (Lipinski definition) is 0. The summed E-state index contributed by atoms with van der Waals surface area (Å²) < 4.78 is 14.5. The van der Waals surface area contributed by atoms with Gasteiger partial charge in [-0.05, 0) is 13.8 Å². The van der Waals surface area contributed by atoms with Crippen LogP contribution in [0.5, 0.6) is 5.75 Å². The molecule has 7 heteroatoms. The Labute approximate surface area is 122 Å². The molecule has 0 aliphatic carbocycles. The van der Waals surface area contributed by atoms with Crippen LogP contribution in [0.3, 0.4) is 0 Å². The van der Waals surface area contributed by atoms with Crippen LogP contribution in [0.25, 0.3) is 11.3 Å². The van der Waals surface area contributed by atoms with Crippen LogP contribution in [0.1, 0.15) is 18.4 Å². The quantitative estimate of drug-likeness (QED) is 0.719. The summed E-state index contributed by atoms with van der Waals surface area (Å²) in [5.41, 5.74) is 2.77. The topological polar surface area (TPSA) is 70.9 Å². The Morgan fingerprint density at radius 3 is 2.81 bits per heavy atom. The molecule has 0 unspecified atom stereocenters. The molecule has 3 rings (SSSR count). The Bertz CT molecular complexity index is 740. The van der Waals surface area contributed by atoms with Gasteiger partial charge < -0.3 is 9.26 Å². The molecular formula is C14H17N5O2. The van der Waals surface area contributed by atoms with Crippen molar-refractivity contribution in [1.82, 2.24) is 24.7 Å². The van der Waals surface area contributed by atoms with Crippen LogP contribution in [-0.4, -0.2) is 24.7 Å². The molecule has 0 fully saturated rings. The van der Waals surface area contributed by atoms with Crippen LogP contribution >= 0.6 is 0 Å². The molecule has 0 aromatic carbocycles. The van der Waals surface area contributed by atoms with E-state index in [0.717, 1.165) is 23.5 Å². The van der Waals surface area contributed by atoms with Crippen LogP contribution in [0.2, 0.25) is 0 Å². The highest BCUT2D eigenvalue weighted by atomic mass is 16.5. The van der Waals surface area contributed by atoms with E-state index < -0.39 is 0 Å². The van der Waals surface area contributed by atoms with Gasteiger partial charge in [0.25, 0.3) is 0 Å². The molecule has 0 spiro atoms. The summed E-state index contributed by atoms with van der Waals surface area (Å²) in [7, 11) is 1.90. The molecular weight excluding hydrogens is 270 g/mol. The van der Waals surface area contributed by atoms with Crippen molar-refractivity contribution in [2.75, 3.05) is 0 Å². The second kappa shape index (κ2) is 5.43. The van der Waals surface area contributed by atoms with Crippen molar-refractivity contribution in [3.05, 3.63) is 36.1 Å². The van der Waals surface area contributed by atoms with Crippen LogP contribution in [0.4, 0.5) is 0 Å². The summed E-state index contributed by atoms with van der Waals surface area (Å²) in [6.45, 7) is 5.15. The van der Waals surface area contributed by atoms with Gasteiger partial charge in [-0.2, -0.15) is 10.2 Å². The minimum atomic E-state index is 0.321. The molecule has 3 heterocycles. The van der Waals surface area contributed by atoms with Gasteiger partial charge in [-0.1, -0.05) is 5.16 Å². The normalized spacial score (nSPS) is 11.0. The highest BCUT2D eigenvalue weighted by Gasteiger charge is 2.12. The number of aromatic nitrogens is 5. The summed E-state index contributed by atoms with van der Waals surface area (Å²) >= 11 is 0. The van der Waals surface area contributed by atoms with E-state index in [1.165, 1.54) is 0 Å². The van der Waals surface area contributed by atoms with E-state index in [1.54, 1.807) is 21.8 Å². The van der Waals surface area contributed by atoms with Crippen LogP contribution in [-0.2, 0) is 20.2 Å². The summed E-state index contributed by atoms with van der Waals surface area (Å²) in [5, 5.41) is 12.4. The van der Waals surface area contributed by atoms with Crippen molar-refractivity contribution in [3.63, 3.8) is 0 Å². The summed E-state index contributed by atoms with van der Waals surface area (Å²) in [4.78, 5) is 0. The van der Waals surface area contributed by atoms with Crippen molar-refractivity contribution < 1.29 is 9.26 Å². The fourth-order valence-electron chi connectivity index (χ4n) is 2.00. The zero-order chi connectivity index (χ0) is 14.8. The van der Waals surface area contributed by atoms with E-state index in [9.17, 15) is 0 Å². The predicted octanol–water partition coefficient (Wildman–Crippen LogP) is 2.18. The molecule has 0 aliphatic rings. The van der Waals surface area contributed by atoms with Crippen LogP contribution in [0.15, 0.2) is 29.2 Å². The molecule has 3 aromatic heterocycles. The van der Waals surface area contributed by atoms with Crippen LogP contribution < -0.4 is 4.74 Å². The van der Waals surface area contributed by atoms with Crippen molar-refractivity contribution in [2.24, 2.45) is 7.05 Å². The first-order valence-corrected chi connectivity index (χ1v) is 6.77. The SMILES string of the molecule is CCn1cc(OCc2cc(-c3cnn(C)c3C)no2)cn1. The largest absolute Gasteiger partial charge is 0.482 e. The monoisotopic (exact) mass is 287 g/mol. The molecule has 0 radical (unpaired) electrons. The fourth-order valence-corrected chi connectivity index (χ4v) is 2.00. The van der Waals surface area contributed by atoms with Gasteiger partial charge in [0.15, 0.2) is 11.5 Å². The lowest BCUT2D eigenvalue weighted by molar-refractivity contribution is 0.249. The highest BCUT2D eigenvalue weighted by Crippen LogP contribution is 2.22. The lowest BCUT2D eigenvalue weighted by Crippen LogP contribution is -1.94. The number of hydrogen-bond acceptors (Lipinski definition) is 5. The molecule has 0 saturated heterocycles. The number of aryl methyl sites for hydroxylation is 2. The van der Waals surface area contributed by atoms with Gasteiger partial charge in [-0.3, -0.25) is 9.36 Å². The third-order valence-electron chi connectivity index (χ3n) is 3.38. The highest BCUT2D eigenvalue weighted by molar-refractivity contribution is 5.60. The molecule has 110 valence electrons. The van der Waals surface area contributed by atoms with E-state index in [2.05, 4.69) is 15.4 Å². The Balaban J connectivity index is 1.69. The first kappa shape index (κ1) is 13.4. The van der Waals surface area contributed by atoms with Gasteiger partial charge in [0.1, 0.15) is 12.3 Å². The number of ether oxygens (including phenoxy) is 1. The van der Waals surface area contributed by atoms with E-state index in [0.29, 0.717) is 18.1 Å². The van der Waals surface area contributed by atoms with Gasteiger partial charge in [-0.25, -0.2) is 0 Å². The van der Waals surface area contributed by atoms with Crippen molar-refractivity contribution in [3.8, 4) is 17.0 Å². The van der Waals surface area contributed by atoms with Gasteiger partial charge in [0.2, 0.25) is 0 Å². The van der Waals surface area contributed by atoms with Crippen molar-refractivity contribution >= 4 is 0 Å². The van der Waals surface area contributed by atoms with E-state index >= 15 is 0 Å². The molecule has 0 N–H and O–H groups in total. The zero-order valence-corrected chi connectivity index (χ0v) is 12.3. The minimum absolute atomic E-state index is 0.321. The second-order valence-electron chi connectivity index (χ2n) is 4.77. The van der Waals surface area contributed by atoms with Crippen molar-refractivity contribution in [2.45, 2.75) is 27.0 Å². The molecule has 7 nitrogen and oxygen atoms in total. The molecule has 0 atom stereocenters. The molecule has 0 saturated carbocycles. The molecule has 0 amide bonds. The Hall–Kier alpha value is -2.57. The average Bonchev–Trinajstić information content (AvgIpc) is 3.19. The summed E-state index contributed by atoms with van der Waals surface area (Å²) in [5.74, 6) is 1.38.